The number of amides is 1. The van der Waals surface area contributed by atoms with Crippen molar-refractivity contribution >= 4 is 5.91 Å². The van der Waals surface area contributed by atoms with Gasteiger partial charge in [0.05, 0.1) is 12.5 Å². The van der Waals surface area contributed by atoms with E-state index < -0.39 is 0 Å². The van der Waals surface area contributed by atoms with Crippen molar-refractivity contribution in [3.05, 3.63) is 18.2 Å². The highest BCUT2D eigenvalue weighted by molar-refractivity contribution is 5.92. The fourth-order valence-electron chi connectivity index (χ4n) is 1.49. The average molecular weight is 224 g/mol. The Morgan fingerprint density at radius 2 is 2.19 bits per heavy atom. The summed E-state index contributed by atoms with van der Waals surface area (Å²) in [7, 11) is 1.81. The number of rotatable bonds is 7. The highest BCUT2D eigenvalue weighted by Gasteiger charge is 2.07. The number of nitrogens with two attached hydrogens (primary N) is 1. The number of carbonyl (C=O) groups is 1. The van der Waals surface area contributed by atoms with Gasteiger partial charge in [0.25, 0.3) is 5.91 Å². The minimum Gasteiger partial charge on any atom is -0.351 e. The molecule has 0 unspecified atom stereocenters. The molecule has 0 saturated carbocycles. The van der Waals surface area contributed by atoms with Gasteiger partial charge in [-0.1, -0.05) is 12.8 Å². The first kappa shape index (κ1) is 12.7. The minimum atomic E-state index is -0.0566. The summed E-state index contributed by atoms with van der Waals surface area (Å²) >= 11 is 0. The summed E-state index contributed by atoms with van der Waals surface area (Å²) in [5.41, 5.74) is 5.99. The third-order valence-electron chi connectivity index (χ3n) is 2.47. The summed E-state index contributed by atoms with van der Waals surface area (Å²) < 4.78 is 1.71. The Hall–Kier alpha value is -1.36. The fourth-order valence-corrected chi connectivity index (χ4v) is 1.49. The van der Waals surface area contributed by atoms with Gasteiger partial charge < -0.3 is 15.6 Å². The van der Waals surface area contributed by atoms with Crippen LogP contribution in [-0.4, -0.2) is 28.5 Å². The molecule has 1 heterocycles. The molecule has 0 aliphatic rings. The zero-order chi connectivity index (χ0) is 11.8. The van der Waals surface area contributed by atoms with Crippen LogP contribution in [0, 0.1) is 0 Å². The number of unbranched alkanes of at least 4 members (excludes halogenated alkanes) is 3. The van der Waals surface area contributed by atoms with Crippen molar-refractivity contribution < 1.29 is 4.79 Å². The maximum atomic E-state index is 11.6. The highest BCUT2D eigenvalue weighted by Crippen LogP contribution is 1.99. The van der Waals surface area contributed by atoms with E-state index in [2.05, 4.69) is 10.3 Å². The van der Waals surface area contributed by atoms with Gasteiger partial charge in [-0.05, 0) is 19.4 Å². The van der Waals surface area contributed by atoms with Crippen molar-refractivity contribution in [2.75, 3.05) is 13.1 Å². The van der Waals surface area contributed by atoms with Gasteiger partial charge in [-0.2, -0.15) is 0 Å². The number of carbonyl (C=O) groups excluding carboxylic acids is 1. The van der Waals surface area contributed by atoms with E-state index in [9.17, 15) is 4.79 Å². The van der Waals surface area contributed by atoms with Crippen LogP contribution >= 0.6 is 0 Å². The molecule has 5 heteroatoms. The topological polar surface area (TPSA) is 72.9 Å². The summed E-state index contributed by atoms with van der Waals surface area (Å²) in [5, 5.41) is 2.87. The Morgan fingerprint density at radius 3 is 2.81 bits per heavy atom. The molecule has 0 radical (unpaired) electrons. The molecule has 1 aromatic heterocycles. The van der Waals surface area contributed by atoms with Crippen molar-refractivity contribution in [2.24, 2.45) is 12.8 Å². The predicted molar refractivity (Wildman–Crippen MR) is 63.1 cm³/mol. The monoisotopic (exact) mass is 224 g/mol. The molecule has 3 N–H and O–H groups in total. The Morgan fingerprint density at radius 1 is 1.44 bits per heavy atom. The molecule has 0 bridgehead atoms. The molecule has 1 aromatic rings. The number of imidazole rings is 1. The number of hydrogen-bond acceptors (Lipinski definition) is 3. The third-order valence-corrected chi connectivity index (χ3v) is 2.47. The molecule has 0 aliphatic carbocycles. The minimum absolute atomic E-state index is 0.0566. The molecular weight excluding hydrogens is 204 g/mol. The zero-order valence-electron chi connectivity index (χ0n) is 9.78. The number of aromatic nitrogens is 2. The normalized spacial score (nSPS) is 10.4. The average Bonchev–Trinajstić information content (AvgIpc) is 2.69. The van der Waals surface area contributed by atoms with Gasteiger partial charge in [-0.3, -0.25) is 4.79 Å². The Bertz CT molecular complexity index is 322. The van der Waals surface area contributed by atoms with E-state index in [1.54, 1.807) is 17.1 Å². The van der Waals surface area contributed by atoms with E-state index in [4.69, 9.17) is 5.73 Å². The summed E-state index contributed by atoms with van der Waals surface area (Å²) in [5.74, 6) is -0.0566. The van der Waals surface area contributed by atoms with Gasteiger partial charge in [0.2, 0.25) is 0 Å². The van der Waals surface area contributed by atoms with Crippen LogP contribution in [-0.2, 0) is 7.05 Å². The molecule has 0 atom stereocenters. The lowest BCUT2D eigenvalue weighted by atomic mass is 10.2. The SMILES string of the molecule is Cn1cncc1C(=O)NCCCCCCN. The molecule has 1 amide bonds. The van der Waals surface area contributed by atoms with Crippen LogP contribution in [0.5, 0.6) is 0 Å². The van der Waals surface area contributed by atoms with Crippen LogP contribution in [0.25, 0.3) is 0 Å². The molecule has 0 aliphatic heterocycles. The van der Waals surface area contributed by atoms with E-state index in [0.717, 1.165) is 32.2 Å². The summed E-state index contributed by atoms with van der Waals surface area (Å²) in [6.45, 7) is 1.47. The first-order valence-electron chi connectivity index (χ1n) is 5.70. The Kier molecular flexibility index (Phi) is 5.56. The number of nitrogens with zero attached hydrogens (tertiary/aromatic N) is 2. The summed E-state index contributed by atoms with van der Waals surface area (Å²) in [4.78, 5) is 15.5. The fraction of sp³-hybridized carbons (Fsp3) is 0.636. The van der Waals surface area contributed by atoms with Crippen molar-refractivity contribution in [3.8, 4) is 0 Å². The van der Waals surface area contributed by atoms with E-state index in [1.165, 1.54) is 0 Å². The van der Waals surface area contributed by atoms with Crippen LogP contribution in [0.4, 0.5) is 0 Å². The molecular formula is C11H20N4O. The Labute approximate surface area is 96.0 Å². The Balaban J connectivity index is 2.14. The smallest absolute Gasteiger partial charge is 0.269 e. The lowest BCUT2D eigenvalue weighted by molar-refractivity contribution is 0.0945. The van der Waals surface area contributed by atoms with E-state index in [0.29, 0.717) is 12.2 Å². The van der Waals surface area contributed by atoms with E-state index in [-0.39, 0.29) is 5.91 Å². The first-order valence-corrected chi connectivity index (χ1v) is 5.70. The number of nitrogens with one attached hydrogen (secondary N) is 1. The van der Waals surface area contributed by atoms with Crippen molar-refractivity contribution in [1.82, 2.24) is 14.9 Å². The summed E-state index contributed by atoms with van der Waals surface area (Å²) in [6, 6.07) is 0. The van der Waals surface area contributed by atoms with Gasteiger partial charge in [-0.25, -0.2) is 4.98 Å². The maximum absolute atomic E-state index is 11.6. The second kappa shape index (κ2) is 7.00. The predicted octanol–water partition coefficient (Wildman–Crippen LogP) is 0.669. The van der Waals surface area contributed by atoms with Gasteiger partial charge >= 0.3 is 0 Å². The molecule has 5 nitrogen and oxygen atoms in total. The van der Waals surface area contributed by atoms with Crippen LogP contribution < -0.4 is 11.1 Å². The van der Waals surface area contributed by atoms with Crippen LogP contribution in [0.3, 0.4) is 0 Å². The molecule has 16 heavy (non-hydrogen) atoms. The maximum Gasteiger partial charge on any atom is 0.269 e. The molecule has 0 saturated heterocycles. The molecule has 90 valence electrons. The van der Waals surface area contributed by atoms with Crippen LogP contribution in [0.15, 0.2) is 12.5 Å². The molecule has 1 rings (SSSR count). The molecule has 0 aromatic carbocycles. The third kappa shape index (κ3) is 4.02. The summed E-state index contributed by atoms with van der Waals surface area (Å²) in [6.07, 6.45) is 7.51. The lowest BCUT2D eigenvalue weighted by Gasteiger charge is -2.05. The number of aryl methyl sites for hydroxylation is 1. The van der Waals surface area contributed by atoms with Gasteiger partial charge in [-0.15, -0.1) is 0 Å². The first-order chi connectivity index (χ1) is 7.75. The quantitative estimate of drug-likeness (QED) is 0.668. The highest BCUT2D eigenvalue weighted by atomic mass is 16.1. The van der Waals surface area contributed by atoms with Gasteiger partial charge in [0.1, 0.15) is 5.69 Å². The second-order valence-corrected chi connectivity index (χ2v) is 3.85. The number of hydrogen-bond donors (Lipinski definition) is 2. The molecule has 0 fully saturated rings. The van der Waals surface area contributed by atoms with Crippen LogP contribution in [0.1, 0.15) is 36.2 Å². The van der Waals surface area contributed by atoms with Crippen molar-refractivity contribution in [1.29, 1.82) is 0 Å². The van der Waals surface area contributed by atoms with Crippen LogP contribution in [0.2, 0.25) is 0 Å². The van der Waals surface area contributed by atoms with Gasteiger partial charge in [0, 0.05) is 13.6 Å². The van der Waals surface area contributed by atoms with E-state index in [1.807, 2.05) is 7.05 Å². The largest absolute Gasteiger partial charge is 0.351 e. The van der Waals surface area contributed by atoms with Crippen molar-refractivity contribution in [2.45, 2.75) is 25.7 Å². The standard InChI is InChI=1S/C11H20N4O/c1-15-9-13-8-10(15)11(16)14-7-5-3-2-4-6-12/h8-9H,2-7,12H2,1H3,(H,14,16). The van der Waals surface area contributed by atoms with Crippen molar-refractivity contribution in [3.63, 3.8) is 0 Å². The lowest BCUT2D eigenvalue weighted by Crippen LogP contribution is -2.26. The molecule has 0 spiro atoms. The van der Waals surface area contributed by atoms with E-state index >= 15 is 0 Å². The van der Waals surface area contributed by atoms with Gasteiger partial charge in [0.15, 0.2) is 0 Å². The zero-order valence-corrected chi connectivity index (χ0v) is 9.78. The second-order valence-electron chi connectivity index (χ2n) is 3.85.